The summed E-state index contributed by atoms with van der Waals surface area (Å²) in [6.07, 6.45) is 34.7. The first-order chi connectivity index (χ1) is 21.5. The first-order valence-corrected chi connectivity index (χ1v) is 19.6. The summed E-state index contributed by atoms with van der Waals surface area (Å²) in [4.78, 5) is 24.1. The summed E-state index contributed by atoms with van der Waals surface area (Å²) in [6, 6.07) is 0. The van der Waals surface area contributed by atoms with Crippen LogP contribution in [0.3, 0.4) is 0 Å². The van der Waals surface area contributed by atoms with Crippen molar-refractivity contribution in [3.05, 3.63) is 0 Å². The van der Waals surface area contributed by atoms with Crippen LogP contribution in [0.25, 0.3) is 0 Å². The largest absolute Gasteiger partial charge is 0.466 e. The molecule has 5 heteroatoms. The van der Waals surface area contributed by atoms with E-state index in [4.69, 9.17) is 9.47 Å². The number of carbonyl (C=O) groups is 2. The van der Waals surface area contributed by atoms with Gasteiger partial charge >= 0.3 is 11.9 Å². The molecule has 0 aromatic carbocycles. The maximum atomic E-state index is 12.6. The molecule has 44 heavy (non-hydrogen) atoms. The van der Waals surface area contributed by atoms with Crippen molar-refractivity contribution >= 4 is 11.9 Å². The van der Waals surface area contributed by atoms with E-state index in [0.29, 0.717) is 19.4 Å². The van der Waals surface area contributed by atoms with Crippen molar-refractivity contribution < 1.29 is 24.2 Å². The van der Waals surface area contributed by atoms with E-state index in [1.54, 1.807) is 0 Å². The van der Waals surface area contributed by atoms with Crippen LogP contribution in [0.5, 0.6) is 0 Å². The molecule has 0 fully saturated rings. The van der Waals surface area contributed by atoms with Crippen LogP contribution in [0.4, 0.5) is 0 Å². The first kappa shape index (κ1) is 42.9. The van der Waals surface area contributed by atoms with E-state index in [9.17, 15) is 14.7 Å². The number of ether oxygens (including phenoxy) is 2. The van der Waals surface area contributed by atoms with Crippen LogP contribution in [0.15, 0.2) is 0 Å². The third-order valence-corrected chi connectivity index (χ3v) is 8.86. The van der Waals surface area contributed by atoms with Crippen molar-refractivity contribution in [1.82, 2.24) is 0 Å². The summed E-state index contributed by atoms with van der Waals surface area (Å²) < 4.78 is 11.1. The van der Waals surface area contributed by atoms with E-state index >= 15 is 0 Å². The number of rotatable bonds is 35. The van der Waals surface area contributed by atoms with Crippen LogP contribution < -0.4 is 0 Å². The molecule has 0 spiro atoms. The third-order valence-electron chi connectivity index (χ3n) is 8.86. The Bertz CT molecular complexity index is 607. The first-order valence-electron chi connectivity index (χ1n) is 19.6. The minimum absolute atomic E-state index is 0.0114. The monoisotopic (exact) mass is 625 g/mol. The number of esters is 2. The lowest BCUT2D eigenvalue weighted by atomic mass is 10.0. The van der Waals surface area contributed by atoms with Gasteiger partial charge in [0.15, 0.2) is 0 Å². The summed E-state index contributed by atoms with van der Waals surface area (Å²) in [6.45, 7) is 7.03. The normalized spacial score (nSPS) is 12.7. The van der Waals surface area contributed by atoms with E-state index in [0.717, 1.165) is 77.0 Å². The molecular weight excluding hydrogens is 548 g/mol. The van der Waals surface area contributed by atoms with Crippen molar-refractivity contribution in [3.8, 4) is 0 Å². The molecule has 0 bridgehead atoms. The highest BCUT2D eigenvalue weighted by Crippen LogP contribution is 2.19. The highest BCUT2D eigenvalue weighted by Gasteiger charge is 2.14. The van der Waals surface area contributed by atoms with Crippen LogP contribution in [-0.4, -0.2) is 35.9 Å². The molecule has 2 unspecified atom stereocenters. The SMILES string of the molecule is CCCCCCC(O)CCCCCCCCCCC(=O)OC(CCCCCC)CCCCCCCCCCC(=O)OCCC. The zero-order valence-electron chi connectivity index (χ0n) is 29.9. The molecule has 262 valence electrons. The second-order valence-corrected chi connectivity index (χ2v) is 13.4. The quantitative estimate of drug-likeness (QED) is 0.0561. The lowest BCUT2D eigenvalue weighted by molar-refractivity contribution is -0.150. The standard InChI is InChI=1S/C39H76O5/c1-4-7-9-23-29-36(40)30-24-19-15-11-13-18-22-28-34-39(42)44-37(31-25-10-8-5-2)32-26-20-16-12-14-17-21-27-33-38(41)43-35-6-3/h36-37,40H,4-35H2,1-3H3. The molecule has 5 nitrogen and oxygen atoms in total. The summed E-state index contributed by atoms with van der Waals surface area (Å²) in [5.41, 5.74) is 0. The second-order valence-electron chi connectivity index (χ2n) is 13.4. The molecule has 0 saturated carbocycles. The summed E-state index contributed by atoms with van der Waals surface area (Å²) in [7, 11) is 0. The predicted octanol–water partition coefficient (Wildman–Crippen LogP) is 12.0. The zero-order valence-corrected chi connectivity index (χ0v) is 29.9. The Kier molecular flexibility index (Phi) is 33.9. The summed E-state index contributed by atoms with van der Waals surface area (Å²) >= 11 is 0. The molecule has 0 rings (SSSR count). The topological polar surface area (TPSA) is 72.8 Å². The molecule has 0 aliphatic carbocycles. The van der Waals surface area contributed by atoms with Gasteiger partial charge in [-0.05, 0) is 57.8 Å². The Morgan fingerprint density at radius 3 is 1.25 bits per heavy atom. The van der Waals surface area contributed by atoms with E-state index in [2.05, 4.69) is 13.8 Å². The van der Waals surface area contributed by atoms with Gasteiger partial charge in [0, 0.05) is 12.8 Å². The van der Waals surface area contributed by atoms with Gasteiger partial charge in [-0.3, -0.25) is 9.59 Å². The fourth-order valence-electron chi connectivity index (χ4n) is 5.96. The van der Waals surface area contributed by atoms with Crippen molar-refractivity contribution in [2.24, 2.45) is 0 Å². The van der Waals surface area contributed by atoms with Crippen LogP contribution in [0.2, 0.25) is 0 Å². The molecule has 0 aliphatic heterocycles. The maximum absolute atomic E-state index is 12.6. The smallest absolute Gasteiger partial charge is 0.306 e. The minimum atomic E-state index is -0.0932. The number of aliphatic hydroxyl groups is 1. The van der Waals surface area contributed by atoms with Crippen LogP contribution in [0, 0.1) is 0 Å². The van der Waals surface area contributed by atoms with E-state index in [-0.39, 0.29) is 24.1 Å². The van der Waals surface area contributed by atoms with Gasteiger partial charge in [-0.25, -0.2) is 0 Å². The zero-order chi connectivity index (χ0) is 32.4. The van der Waals surface area contributed by atoms with Crippen molar-refractivity contribution in [2.75, 3.05) is 6.61 Å². The van der Waals surface area contributed by atoms with Crippen molar-refractivity contribution in [1.29, 1.82) is 0 Å². The van der Waals surface area contributed by atoms with Gasteiger partial charge < -0.3 is 14.6 Å². The molecule has 1 N–H and O–H groups in total. The maximum Gasteiger partial charge on any atom is 0.306 e. The Hall–Kier alpha value is -1.10. The second kappa shape index (κ2) is 34.8. The Labute approximate surface area is 274 Å². The van der Waals surface area contributed by atoms with Gasteiger partial charge in [0.05, 0.1) is 12.7 Å². The molecule has 0 aromatic rings. The average Bonchev–Trinajstić information content (AvgIpc) is 3.01. The van der Waals surface area contributed by atoms with Crippen LogP contribution in [0.1, 0.15) is 220 Å². The number of unbranched alkanes of at least 4 members (excludes halogenated alkanes) is 20. The average molecular weight is 625 g/mol. The minimum Gasteiger partial charge on any atom is -0.466 e. The highest BCUT2D eigenvalue weighted by molar-refractivity contribution is 5.69. The third kappa shape index (κ3) is 32.3. The van der Waals surface area contributed by atoms with Gasteiger partial charge in [0.2, 0.25) is 0 Å². The van der Waals surface area contributed by atoms with Gasteiger partial charge in [-0.2, -0.15) is 0 Å². The van der Waals surface area contributed by atoms with Crippen molar-refractivity contribution in [3.63, 3.8) is 0 Å². The molecule has 0 aliphatic rings. The molecule has 0 saturated heterocycles. The molecule has 0 heterocycles. The summed E-state index contributed by atoms with van der Waals surface area (Å²) in [5.74, 6) is -0.0349. The predicted molar refractivity (Wildman–Crippen MR) is 187 cm³/mol. The number of aliphatic hydroxyl groups excluding tert-OH is 1. The number of carbonyl (C=O) groups excluding carboxylic acids is 2. The molecule has 0 amide bonds. The summed E-state index contributed by atoms with van der Waals surface area (Å²) in [5, 5.41) is 10.1. The number of hydrogen-bond donors (Lipinski definition) is 1. The van der Waals surface area contributed by atoms with Gasteiger partial charge in [-0.1, -0.05) is 149 Å². The fourth-order valence-corrected chi connectivity index (χ4v) is 5.96. The van der Waals surface area contributed by atoms with Crippen LogP contribution in [-0.2, 0) is 19.1 Å². The Balaban J connectivity index is 3.84. The molecular formula is C39H76O5. The van der Waals surface area contributed by atoms with Crippen molar-refractivity contribution in [2.45, 2.75) is 232 Å². The highest BCUT2D eigenvalue weighted by atomic mass is 16.5. The number of hydrogen-bond acceptors (Lipinski definition) is 5. The van der Waals surface area contributed by atoms with Gasteiger partial charge in [0.1, 0.15) is 6.10 Å². The Morgan fingerprint density at radius 2 is 0.818 bits per heavy atom. The lowest BCUT2D eigenvalue weighted by Crippen LogP contribution is -2.18. The Morgan fingerprint density at radius 1 is 0.455 bits per heavy atom. The molecule has 0 aromatic heterocycles. The fraction of sp³-hybridized carbons (Fsp3) is 0.949. The molecule has 2 atom stereocenters. The van der Waals surface area contributed by atoms with E-state index < -0.39 is 0 Å². The van der Waals surface area contributed by atoms with E-state index in [1.807, 2.05) is 6.92 Å². The lowest BCUT2D eigenvalue weighted by Gasteiger charge is -2.18. The van der Waals surface area contributed by atoms with Gasteiger partial charge in [0.25, 0.3) is 0 Å². The van der Waals surface area contributed by atoms with Crippen LogP contribution >= 0.6 is 0 Å². The van der Waals surface area contributed by atoms with E-state index in [1.165, 1.54) is 109 Å². The molecule has 0 radical (unpaired) electrons. The van der Waals surface area contributed by atoms with Gasteiger partial charge in [-0.15, -0.1) is 0 Å².